The molecule has 1 heterocycles. The third-order valence-electron chi connectivity index (χ3n) is 5.74. The van der Waals surface area contributed by atoms with Gasteiger partial charge < -0.3 is 28.8 Å². The molecule has 37 heavy (non-hydrogen) atoms. The molecule has 0 spiro atoms. The Hall–Kier alpha value is -4.05. The average molecular weight is 507 g/mol. The topological polar surface area (TPSA) is 118 Å². The molecule has 9 nitrogen and oxygen atoms in total. The number of carbonyl (C=O) groups excluding carboxylic acids is 3. The molecule has 1 saturated heterocycles. The summed E-state index contributed by atoms with van der Waals surface area (Å²) >= 11 is 0. The number of esters is 3. The molecule has 5 unspecified atom stereocenters. The van der Waals surface area contributed by atoms with E-state index in [0.29, 0.717) is 5.56 Å². The Balaban J connectivity index is 1.55. The molecule has 5 atom stereocenters. The van der Waals surface area contributed by atoms with E-state index in [-0.39, 0.29) is 17.7 Å². The van der Waals surface area contributed by atoms with Gasteiger partial charge in [0.25, 0.3) is 0 Å². The second kappa shape index (κ2) is 12.3. The second-order valence-electron chi connectivity index (χ2n) is 8.21. The van der Waals surface area contributed by atoms with Crippen LogP contribution < -0.4 is 0 Å². The SMILES string of the molecule is COC1OC(COC(=O)c2ccccc2)C(OC(=O)c2ccccc2)C(O)C1OC(=O)c1ccccc1. The minimum absolute atomic E-state index is 0.237. The number of aliphatic hydroxyl groups excluding tert-OH is 1. The van der Waals surface area contributed by atoms with Gasteiger partial charge in [0, 0.05) is 7.11 Å². The lowest BCUT2D eigenvalue weighted by molar-refractivity contribution is -0.292. The van der Waals surface area contributed by atoms with Gasteiger partial charge in [0.05, 0.1) is 16.7 Å². The number of aliphatic hydroxyl groups is 1. The molecule has 4 rings (SSSR count). The first kappa shape index (κ1) is 26.0. The molecule has 0 bridgehead atoms. The third kappa shape index (κ3) is 6.39. The number of hydrogen-bond acceptors (Lipinski definition) is 9. The zero-order chi connectivity index (χ0) is 26.2. The maximum absolute atomic E-state index is 12.8. The van der Waals surface area contributed by atoms with E-state index < -0.39 is 48.6 Å². The lowest BCUT2D eigenvalue weighted by Crippen LogP contribution is -2.61. The molecule has 0 saturated carbocycles. The van der Waals surface area contributed by atoms with Gasteiger partial charge in [-0.15, -0.1) is 0 Å². The molecule has 3 aromatic carbocycles. The normalized spacial score (nSPS) is 23.0. The highest BCUT2D eigenvalue weighted by molar-refractivity contribution is 5.90. The Morgan fingerprint density at radius 3 is 1.59 bits per heavy atom. The van der Waals surface area contributed by atoms with Gasteiger partial charge in [-0.1, -0.05) is 54.6 Å². The Morgan fingerprint density at radius 2 is 1.14 bits per heavy atom. The van der Waals surface area contributed by atoms with Gasteiger partial charge in [-0.25, -0.2) is 14.4 Å². The van der Waals surface area contributed by atoms with Gasteiger partial charge in [0.1, 0.15) is 18.8 Å². The molecule has 0 amide bonds. The van der Waals surface area contributed by atoms with E-state index >= 15 is 0 Å². The van der Waals surface area contributed by atoms with Gasteiger partial charge in [-0.3, -0.25) is 0 Å². The summed E-state index contributed by atoms with van der Waals surface area (Å²) in [4.78, 5) is 38.0. The van der Waals surface area contributed by atoms with Gasteiger partial charge in [0.15, 0.2) is 18.5 Å². The summed E-state index contributed by atoms with van der Waals surface area (Å²) in [6.07, 6.45) is -6.59. The summed E-state index contributed by atoms with van der Waals surface area (Å²) in [7, 11) is 1.31. The fraction of sp³-hybridized carbons (Fsp3) is 0.250. The number of carbonyl (C=O) groups is 3. The minimum Gasteiger partial charge on any atom is -0.459 e. The van der Waals surface area contributed by atoms with Crippen LogP contribution in [0.15, 0.2) is 91.0 Å². The highest BCUT2D eigenvalue weighted by Gasteiger charge is 2.50. The molecule has 0 aromatic heterocycles. The van der Waals surface area contributed by atoms with Crippen LogP contribution in [0.5, 0.6) is 0 Å². The molecular weight excluding hydrogens is 480 g/mol. The number of benzene rings is 3. The molecule has 1 aliphatic rings. The molecule has 0 aliphatic carbocycles. The second-order valence-corrected chi connectivity index (χ2v) is 8.21. The zero-order valence-electron chi connectivity index (χ0n) is 20.0. The number of ether oxygens (including phenoxy) is 5. The zero-order valence-corrected chi connectivity index (χ0v) is 20.0. The van der Waals surface area contributed by atoms with E-state index in [4.69, 9.17) is 23.7 Å². The summed E-state index contributed by atoms with van der Waals surface area (Å²) in [5, 5.41) is 11.2. The summed E-state index contributed by atoms with van der Waals surface area (Å²) < 4.78 is 27.7. The van der Waals surface area contributed by atoms with Crippen molar-refractivity contribution in [1.82, 2.24) is 0 Å². The molecule has 0 radical (unpaired) electrons. The highest BCUT2D eigenvalue weighted by atomic mass is 16.7. The standard InChI is InChI=1S/C28H26O9/c1-33-28-24(37-27(32)20-15-9-4-10-16-20)22(29)23(36-26(31)19-13-7-3-8-14-19)21(35-28)17-34-25(30)18-11-5-2-6-12-18/h2-16,21-24,28-29H,17H2,1H3. The van der Waals surface area contributed by atoms with E-state index in [9.17, 15) is 19.5 Å². The smallest absolute Gasteiger partial charge is 0.338 e. The van der Waals surface area contributed by atoms with Crippen LogP contribution in [0, 0.1) is 0 Å². The predicted molar refractivity (Wildman–Crippen MR) is 130 cm³/mol. The van der Waals surface area contributed by atoms with Crippen LogP contribution >= 0.6 is 0 Å². The van der Waals surface area contributed by atoms with Crippen molar-refractivity contribution in [2.24, 2.45) is 0 Å². The Labute approximate surface area is 213 Å². The molecule has 1 N–H and O–H groups in total. The van der Waals surface area contributed by atoms with Crippen molar-refractivity contribution in [3.63, 3.8) is 0 Å². The predicted octanol–water partition coefficient (Wildman–Crippen LogP) is 3.03. The minimum atomic E-state index is -1.56. The van der Waals surface area contributed by atoms with Crippen molar-refractivity contribution < 1.29 is 43.2 Å². The monoisotopic (exact) mass is 506 g/mol. The van der Waals surface area contributed by atoms with E-state index in [1.165, 1.54) is 7.11 Å². The van der Waals surface area contributed by atoms with Crippen LogP contribution in [0.4, 0.5) is 0 Å². The van der Waals surface area contributed by atoms with Gasteiger partial charge in [-0.05, 0) is 36.4 Å². The fourth-order valence-electron chi connectivity index (χ4n) is 3.84. The van der Waals surface area contributed by atoms with Crippen molar-refractivity contribution in [3.8, 4) is 0 Å². The van der Waals surface area contributed by atoms with Crippen LogP contribution in [0.1, 0.15) is 31.1 Å². The molecule has 192 valence electrons. The summed E-state index contributed by atoms with van der Waals surface area (Å²) in [5.74, 6) is -2.09. The van der Waals surface area contributed by atoms with Crippen LogP contribution in [0.3, 0.4) is 0 Å². The van der Waals surface area contributed by atoms with Gasteiger partial charge >= 0.3 is 17.9 Å². The summed E-state index contributed by atoms with van der Waals surface area (Å²) in [6, 6.07) is 24.7. The lowest BCUT2D eigenvalue weighted by Gasteiger charge is -2.42. The van der Waals surface area contributed by atoms with E-state index in [0.717, 1.165) is 0 Å². The van der Waals surface area contributed by atoms with Gasteiger partial charge in [0.2, 0.25) is 0 Å². The van der Waals surface area contributed by atoms with E-state index in [2.05, 4.69) is 0 Å². The van der Waals surface area contributed by atoms with Crippen molar-refractivity contribution >= 4 is 17.9 Å². The maximum atomic E-state index is 12.8. The van der Waals surface area contributed by atoms with Crippen molar-refractivity contribution in [1.29, 1.82) is 0 Å². The van der Waals surface area contributed by atoms with Crippen molar-refractivity contribution in [2.75, 3.05) is 13.7 Å². The first-order chi connectivity index (χ1) is 18.0. The van der Waals surface area contributed by atoms with Crippen molar-refractivity contribution in [3.05, 3.63) is 108 Å². The Kier molecular flexibility index (Phi) is 8.63. The average Bonchev–Trinajstić information content (AvgIpc) is 2.95. The lowest BCUT2D eigenvalue weighted by atomic mass is 9.98. The van der Waals surface area contributed by atoms with Crippen molar-refractivity contribution in [2.45, 2.75) is 30.7 Å². The quantitative estimate of drug-likeness (QED) is 0.363. The summed E-state index contributed by atoms with van der Waals surface area (Å²) in [6.45, 7) is -0.364. The Morgan fingerprint density at radius 1 is 0.703 bits per heavy atom. The first-order valence-corrected chi connectivity index (χ1v) is 11.6. The van der Waals surface area contributed by atoms with Crippen LogP contribution in [-0.4, -0.2) is 67.4 Å². The maximum Gasteiger partial charge on any atom is 0.338 e. The Bertz CT molecular complexity index is 1180. The van der Waals surface area contributed by atoms with Gasteiger partial charge in [-0.2, -0.15) is 0 Å². The molecule has 1 aliphatic heterocycles. The number of rotatable bonds is 8. The molecule has 9 heteroatoms. The first-order valence-electron chi connectivity index (χ1n) is 11.6. The molecule has 1 fully saturated rings. The summed E-state index contributed by atoms with van der Waals surface area (Å²) in [5.41, 5.74) is 0.803. The van der Waals surface area contributed by atoms with E-state index in [1.807, 2.05) is 0 Å². The molecule has 3 aromatic rings. The number of hydrogen-bond donors (Lipinski definition) is 1. The third-order valence-corrected chi connectivity index (χ3v) is 5.74. The van der Waals surface area contributed by atoms with Crippen LogP contribution in [0.2, 0.25) is 0 Å². The fourth-order valence-corrected chi connectivity index (χ4v) is 3.84. The number of methoxy groups -OCH3 is 1. The molecular formula is C28H26O9. The van der Waals surface area contributed by atoms with Crippen LogP contribution in [-0.2, 0) is 23.7 Å². The van der Waals surface area contributed by atoms with E-state index in [1.54, 1.807) is 91.0 Å². The largest absolute Gasteiger partial charge is 0.459 e. The van der Waals surface area contributed by atoms with Crippen LogP contribution in [0.25, 0.3) is 0 Å². The highest BCUT2D eigenvalue weighted by Crippen LogP contribution is 2.28.